The molecular weight excluding hydrogens is 354 g/mol. The molecule has 2 heterocycles. The largest absolute Gasteiger partial charge is 0.381 e. The molecule has 0 spiro atoms. The molecule has 0 aromatic heterocycles. The minimum absolute atomic E-state index is 0. The molecule has 26 heavy (non-hydrogen) atoms. The van der Waals surface area contributed by atoms with Crippen molar-refractivity contribution in [1.82, 2.24) is 5.32 Å². The highest BCUT2D eigenvalue weighted by atomic mass is 35.5. The van der Waals surface area contributed by atoms with Crippen LogP contribution in [0.25, 0.3) is 0 Å². The van der Waals surface area contributed by atoms with Gasteiger partial charge in [-0.2, -0.15) is 0 Å². The number of anilines is 1. The second-order valence-corrected chi connectivity index (χ2v) is 6.87. The number of benzene rings is 1. The van der Waals surface area contributed by atoms with Crippen LogP contribution in [0.5, 0.6) is 0 Å². The van der Waals surface area contributed by atoms with Crippen LogP contribution in [0.2, 0.25) is 0 Å². The quantitative estimate of drug-likeness (QED) is 0.702. The molecule has 0 bridgehead atoms. The summed E-state index contributed by atoms with van der Waals surface area (Å²) in [6.07, 6.45) is 3.17. The van der Waals surface area contributed by atoms with Crippen LogP contribution < -0.4 is 16.4 Å². The zero-order valence-electron chi connectivity index (χ0n) is 15.1. The Labute approximate surface area is 160 Å². The number of amides is 2. The molecule has 0 radical (unpaired) electrons. The molecule has 1 fully saturated rings. The first-order valence-electron chi connectivity index (χ1n) is 9.15. The SMILES string of the molecule is CCc1ccc2c(c1)C(CCNC(=O)C(N)C1CCOCC1)C(=O)N2.Cl. The number of hydrogen-bond acceptors (Lipinski definition) is 4. The van der Waals surface area contributed by atoms with Crippen molar-refractivity contribution >= 4 is 29.9 Å². The normalized spacial score (nSPS) is 20.7. The maximum absolute atomic E-state index is 12.3. The number of ether oxygens (including phenoxy) is 1. The number of carbonyl (C=O) groups is 2. The molecule has 6 nitrogen and oxygen atoms in total. The Hall–Kier alpha value is -1.63. The molecule has 7 heteroatoms. The number of hydrogen-bond donors (Lipinski definition) is 3. The molecule has 1 aromatic rings. The van der Waals surface area contributed by atoms with Crippen molar-refractivity contribution in [2.45, 2.75) is 44.6 Å². The van der Waals surface area contributed by atoms with Gasteiger partial charge in [-0.15, -0.1) is 12.4 Å². The number of aryl methyl sites for hydroxylation is 1. The highest BCUT2D eigenvalue weighted by Gasteiger charge is 2.31. The molecule has 2 amide bonds. The van der Waals surface area contributed by atoms with Crippen LogP contribution in [0, 0.1) is 5.92 Å². The third-order valence-corrected chi connectivity index (χ3v) is 5.28. The van der Waals surface area contributed by atoms with Gasteiger partial charge in [-0.3, -0.25) is 9.59 Å². The molecular formula is C19H28ClN3O3. The van der Waals surface area contributed by atoms with E-state index in [9.17, 15) is 9.59 Å². The van der Waals surface area contributed by atoms with E-state index in [1.807, 2.05) is 12.1 Å². The minimum atomic E-state index is -0.500. The van der Waals surface area contributed by atoms with Gasteiger partial charge in [0, 0.05) is 25.4 Å². The van der Waals surface area contributed by atoms with Gasteiger partial charge in [-0.25, -0.2) is 0 Å². The van der Waals surface area contributed by atoms with Crippen molar-refractivity contribution in [2.24, 2.45) is 11.7 Å². The number of nitrogens with one attached hydrogen (secondary N) is 2. The molecule has 2 aliphatic heterocycles. The highest BCUT2D eigenvalue weighted by molar-refractivity contribution is 6.03. The van der Waals surface area contributed by atoms with E-state index in [-0.39, 0.29) is 36.1 Å². The fourth-order valence-corrected chi connectivity index (χ4v) is 3.63. The predicted octanol–water partition coefficient (Wildman–Crippen LogP) is 1.97. The molecule has 0 aliphatic carbocycles. The van der Waals surface area contributed by atoms with Gasteiger partial charge in [0.1, 0.15) is 0 Å². The van der Waals surface area contributed by atoms with E-state index in [4.69, 9.17) is 10.5 Å². The number of halogens is 1. The highest BCUT2D eigenvalue weighted by Crippen LogP contribution is 2.35. The third kappa shape index (κ3) is 4.55. The van der Waals surface area contributed by atoms with Crippen molar-refractivity contribution in [3.05, 3.63) is 29.3 Å². The molecule has 3 rings (SSSR count). The van der Waals surface area contributed by atoms with E-state index in [0.29, 0.717) is 26.2 Å². The zero-order valence-corrected chi connectivity index (χ0v) is 15.9. The van der Waals surface area contributed by atoms with Gasteiger partial charge in [-0.05, 0) is 48.8 Å². The number of carbonyl (C=O) groups excluding carboxylic acids is 2. The Kier molecular flexibility index (Phi) is 7.43. The van der Waals surface area contributed by atoms with Gasteiger partial charge >= 0.3 is 0 Å². The summed E-state index contributed by atoms with van der Waals surface area (Å²) in [5.74, 6) is -0.156. The fourth-order valence-electron chi connectivity index (χ4n) is 3.63. The second-order valence-electron chi connectivity index (χ2n) is 6.87. The molecule has 2 atom stereocenters. The van der Waals surface area contributed by atoms with E-state index < -0.39 is 6.04 Å². The van der Waals surface area contributed by atoms with Gasteiger partial charge in [0.15, 0.2) is 0 Å². The predicted molar refractivity (Wildman–Crippen MR) is 104 cm³/mol. The van der Waals surface area contributed by atoms with Crippen LogP contribution in [0.4, 0.5) is 5.69 Å². The van der Waals surface area contributed by atoms with Crippen LogP contribution in [0.3, 0.4) is 0 Å². The monoisotopic (exact) mass is 381 g/mol. The summed E-state index contributed by atoms with van der Waals surface area (Å²) in [4.78, 5) is 24.5. The minimum Gasteiger partial charge on any atom is -0.381 e. The van der Waals surface area contributed by atoms with Crippen LogP contribution >= 0.6 is 12.4 Å². The Bertz CT molecular complexity index is 647. The van der Waals surface area contributed by atoms with Crippen LogP contribution in [-0.4, -0.2) is 37.6 Å². The number of rotatable bonds is 6. The molecule has 2 unspecified atom stereocenters. The summed E-state index contributed by atoms with van der Waals surface area (Å²) in [7, 11) is 0. The molecule has 144 valence electrons. The van der Waals surface area contributed by atoms with E-state index in [1.54, 1.807) is 0 Å². The second kappa shape index (κ2) is 9.35. The number of fused-ring (bicyclic) bond motifs is 1. The average Bonchev–Trinajstić information content (AvgIpc) is 2.96. The van der Waals surface area contributed by atoms with Crippen molar-refractivity contribution in [3.63, 3.8) is 0 Å². The van der Waals surface area contributed by atoms with E-state index >= 15 is 0 Å². The Morgan fingerprint density at radius 2 is 2.12 bits per heavy atom. The smallest absolute Gasteiger partial charge is 0.237 e. The van der Waals surface area contributed by atoms with E-state index in [0.717, 1.165) is 30.5 Å². The maximum Gasteiger partial charge on any atom is 0.237 e. The van der Waals surface area contributed by atoms with Crippen molar-refractivity contribution < 1.29 is 14.3 Å². The van der Waals surface area contributed by atoms with E-state index in [1.165, 1.54) is 5.56 Å². The van der Waals surface area contributed by atoms with Gasteiger partial charge in [0.2, 0.25) is 11.8 Å². The number of nitrogens with two attached hydrogens (primary N) is 1. The van der Waals surface area contributed by atoms with Crippen LogP contribution in [0.15, 0.2) is 18.2 Å². The van der Waals surface area contributed by atoms with E-state index in [2.05, 4.69) is 23.6 Å². The molecule has 4 N–H and O–H groups in total. The summed E-state index contributed by atoms with van der Waals surface area (Å²) in [6.45, 7) is 3.89. The van der Waals surface area contributed by atoms with Crippen molar-refractivity contribution in [3.8, 4) is 0 Å². The van der Waals surface area contributed by atoms with Crippen LogP contribution in [0.1, 0.15) is 43.2 Å². The standard InChI is InChI=1S/C19H27N3O3.ClH/c1-2-12-3-4-16-15(11-12)14(18(23)22-16)5-8-21-19(24)17(20)13-6-9-25-10-7-13;/h3-4,11,13-14,17H,2,5-10,20H2,1H3,(H,21,24)(H,22,23);1H. The topological polar surface area (TPSA) is 93.5 Å². The summed E-state index contributed by atoms with van der Waals surface area (Å²) >= 11 is 0. The third-order valence-electron chi connectivity index (χ3n) is 5.28. The molecule has 0 saturated carbocycles. The maximum atomic E-state index is 12.3. The molecule has 2 aliphatic rings. The lowest BCUT2D eigenvalue weighted by Crippen LogP contribution is -2.47. The Morgan fingerprint density at radius 3 is 2.81 bits per heavy atom. The summed E-state index contributed by atoms with van der Waals surface area (Å²) < 4.78 is 5.31. The van der Waals surface area contributed by atoms with Gasteiger partial charge in [-0.1, -0.05) is 19.1 Å². The Balaban J connectivity index is 0.00000243. The lowest BCUT2D eigenvalue weighted by atomic mass is 9.91. The van der Waals surface area contributed by atoms with Gasteiger partial charge in [0.05, 0.1) is 12.0 Å². The zero-order chi connectivity index (χ0) is 17.8. The fraction of sp³-hybridized carbons (Fsp3) is 0.579. The first-order valence-corrected chi connectivity index (χ1v) is 9.15. The summed E-state index contributed by atoms with van der Waals surface area (Å²) in [5, 5.41) is 5.82. The first kappa shape index (κ1) is 20.7. The lowest BCUT2D eigenvalue weighted by molar-refractivity contribution is -0.124. The van der Waals surface area contributed by atoms with Gasteiger partial charge in [0.25, 0.3) is 0 Å². The van der Waals surface area contributed by atoms with Gasteiger partial charge < -0.3 is 21.1 Å². The first-order chi connectivity index (χ1) is 12.1. The summed E-state index contributed by atoms with van der Waals surface area (Å²) in [5.41, 5.74) is 9.22. The molecule has 1 saturated heterocycles. The van der Waals surface area contributed by atoms with Crippen molar-refractivity contribution in [1.29, 1.82) is 0 Å². The van der Waals surface area contributed by atoms with Crippen molar-refractivity contribution in [2.75, 3.05) is 25.1 Å². The van der Waals surface area contributed by atoms with Crippen LogP contribution in [-0.2, 0) is 20.7 Å². The average molecular weight is 382 g/mol. The Morgan fingerprint density at radius 1 is 1.38 bits per heavy atom. The lowest BCUT2D eigenvalue weighted by Gasteiger charge is -2.26. The molecule has 1 aromatic carbocycles. The summed E-state index contributed by atoms with van der Waals surface area (Å²) in [6, 6.07) is 5.59.